The van der Waals surface area contributed by atoms with Crippen molar-refractivity contribution in [1.82, 2.24) is 5.06 Å². The Morgan fingerprint density at radius 1 is 1.47 bits per heavy atom. The number of hydrogen-bond acceptors (Lipinski definition) is 2. The number of carbonyl (C=O) groups excluding carboxylic acids is 1. The predicted octanol–water partition coefficient (Wildman–Crippen LogP) is 2.77. The molecule has 0 spiro atoms. The van der Waals surface area contributed by atoms with E-state index in [1.807, 2.05) is 19.9 Å². The Balaban J connectivity index is 4.43. The minimum atomic E-state index is -0.591. The van der Waals surface area contributed by atoms with E-state index in [2.05, 4.69) is 6.58 Å². The third-order valence-corrected chi connectivity index (χ3v) is 2.14. The molecule has 0 fully saturated rings. The van der Waals surface area contributed by atoms with Crippen LogP contribution in [0, 0.1) is 5.41 Å². The van der Waals surface area contributed by atoms with Gasteiger partial charge < -0.3 is 0 Å². The van der Waals surface area contributed by atoms with Gasteiger partial charge in [-0.15, -0.1) is 6.58 Å². The zero-order chi connectivity index (χ0) is 12.1. The Labute approximate surface area is 92.0 Å². The summed E-state index contributed by atoms with van der Waals surface area (Å²) in [6.07, 6.45) is 4.05. The van der Waals surface area contributed by atoms with Crippen molar-refractivity contribution in [1.29, 1.82) is 0 Å². The second kappa shape index (κ2) is 5.71. The molecule has 0 aliphatic rings. The topological polar surface area (TPSA) is 40.5 Å². The van der Waals surface area contributed by atoms with Crippen molar-refractivity contribution >= 4 is 5.91 Å². The fourth-order valence-corrected chi connectivity index (χ4v) is 1.15. The van der Waals surface area contributed by atoms with Gasteiger partial charge in [0.15, 0.2) is 0 Å². The largest absolute Gasteiger partial charge is 0.286 e. The first kappa shape index (κ1) is 13.9. The maximum absolute atomic E-state index is 11.8. The van der Waals surface area contributed by atoms with Crippen LogP contribution < -0.4 is 0 Å². The lowest BCUT2D eigenvalue weighted by molar-refractivity contribution is -0.172. The van der Waals surface area contributed by atoms with Crippen LogP contribution in [0.15, 0.2) is 24.3 Å². The first-order chi connectivity index (χ1) is 6.81. The van der Waals surface area contributed by atoms with Gasteiger partial charge in [0.2, 0.25) is 0 Å². The molecule has 0 radical (unpaired) electrons. The molecule has 0 heterocycles. The maximum atomic E-state index is 11.8. The first-order valence-electron chi connectivity index (χ1n) is 5.06. The van der Waals surface area contributed by atoms with E-state index in [1.165, 1.54) is 0 Å². The zero-order valence-electron chi connectivity index (χ0n) is 10.1. The highest BCUT2D eigenvalue weighted by Gasteiger charge is 2.29. The number of nitrogens with zero attached hydrogens (tertiary/aromatic N) is 1. The van der Waals surface area contributed by atoms with Gasteiger partial charge in [-0.1, -0.05) is 31.6 Å². The van der Waals surface area contributed by atoms with E-state index in [0.717, 1.165) is 10.6 Å². The minimum absolute atomic E-state index is 0.238. The standard InChI is InChI=1S/C12H21NO2/c1-6-8-12(4,5)11(14)13(15)9-7-10(2)3/h6-7,15H,1,8-9H2,2-5H3. The molecular weight excluding hydrogens is 190 g/mol. The lowest BCUT2D eigenvalue weighted by Gasteiger charge is -2.26. The summed E-state index contributed by atoms with van der Waals surface area (Å²) in [4.78, 5) is 11.8. The Kier molecular flexibility index (Phi) is 5.29. The quantitative estimate of drug-likeness (QED) is 0.431. The fraction of sp³-hybridized carbons (Fsp3) is 0.583. The van der Waals surface area contributed by atoms with Crippen LogP contribution in [0.3, 0.4) is 0 Å². The molecule has 0 aliphatic heterocycles. The molecule has 0 aromatic rings. The van der Waals surface area contributed by atoms with Crippen molar-refractivity contribution in [3.8, 4) is 0 Å². The zero-order valence-corrected chi connectivity index (χ0v) is 10.1. The number of hydroxylamine groups is 2. The lowest BCUT2D eigenvalue weighted by Crippen LogP contribution is -2.38. The van der Waals surface area contributed by atoms with Crippen LogP contribution in [0.5, 0.6) is 0 Å². The summed E-state index contributed by atoms with van der Waals surface area (Å²) in [6.45, 7) is 11.3. The number of allylic oxidation sites excluding steroid dienone is 2. The highest BCUT2D eigenvalue weighted by atomic mass is 16.5. The molecule has 0 saturated heterocycles. The monoisotopic (exact) mass is 211 g/mol. The number of rotatable bonds is 5. The SMILES string of the molecule is C=CCC(C)(C)C(=O)N(O)CC=C(C)C. The molecule has 0 saturated carbocycles. The minimum Gasteiger partial charge on any atom is -0.286 e. The Morgan fingerprint density at radius 3 is 2.40 bits per heavy atom. The fourth-order valence-electron chi connectivity index (χ4n) is 1.15. The molecule has 1 amide bonds. The summed E-state index contributed by atoms with van der Waals surface area (Å²) in [7, 11) is 0. The smallest absolute Gasteiger partial charge is 0.252 e. The molecule has 15 heavy (non-hydrogen) atoms. The molecule has 0 aromatic heterocycles. The van der Waals surface area contributed by atoms with Gasteiger partial charge in [0.05, 0.1) is 6.54 Å². The Bertz CT molecular complexity index is 263. The van der Waals surface area contributed by atoms with Gasteiger partial charge in [0.25, 0.3) is 5.91 Å². The predicted molar refractivity (Wildman–Crippen MR) is 61.5 cm³/mol. The van der Waals surface area contributed by atoms with Crippen LogP contribution in [0.1, 0.15) is 34.1 Å². The third kappa shape index (κ3) is 4.79. The molecular formula is C12H21NO2. The number of amides is 1. The molecule has 0 aliphatic carbocycles. The highest BCUT2D eigenvalue weighted by molar-refractivity contribution is 5.81. The molecule has 0 unspecified atom stereocenters. The molecule has 1 N–H and O–H groups in total. The van der Waals surface area contributed by atoms with E-state index in [1.54, 1.807) is 19.9 Å². The summed E-state index contributed by atoms with van der Waals surface area (Å²) < 4.78 is 0. The second-order valence-corrected chi connectivity index (χ2v) is 4.55. The average molecular weight is 211 g/mol. The molecule has 3 heteroatoms. The van der Waals surface area contributed by atoms with Crippen molar-refractivity contribution < 1.29 is 10.0 Å². The van der Waals surface area contributed by atoms with Crippen LogP contribution in [0.25, 0.3) is 0 Å². The van der Waals surface area contributed by atoms with Gasteiger partial charge in [-0.2, -0.15) is 0 Å². The maximum Gasteiger partial charge on any atom is 0.252 e. The normalized spacial score (nSPS) is 10.7. The first-order valence-corrected chi connectivity index (χ1v) is 5.06. The van der Waals surface area contributed by atoms with E-state index in [9.17, 15) is 10.0 Å². The van der Waals surface area contributed by atoms with Gasteiger partial charge in [-0.3, -0.25) is 10.0 Å². The van der Waals surface area contributed by atoms with Gasteiger partial charge in [0.1, 0.15) is 0 Å². The van der Waals surface area contributed by atoms with Gasteiger partial charge in [0, 0.05) is 5.41 Å². The van der Waals surface area contributed by atoms with Crippen LogP contribution in [0.2, 0.25) is 0 Å². The lowest BCUT2D eigenvalue weighted by atomic mass is 9.88. The van der Waals surface area contributed by atoms with Gasteiger partial charge >= 0.3 is 0 Å². The Morgan fingerprint density at radius 2 is 2.00 bits per heavy atom. The summed E-state index contributed by atoms with van der Waals surface area (Å²) in [5.74, 6) is -0.278. The van der Waals surface area contributed by atoms with Crippen molar-refractivity contribution in [2.75, 3.05) is 6.54 Å². The number of hydrogen-bond donors (Lipinski definition) is 1. The summed E-state index contributed by atoms with van der Waals surface area (Å²) >= 11 is 0. The van der Waals surface area contributed by atoms with Crippen LogP contribution in [-0.4, -0.2) is 22.7 Å². The van der Waals surface area contributed by atoms with Crippen molar-refractivity contribution in [2.45, 2.75) is 34.1 Å². The van der Waals surface area contributed by atoms with Crippen LogP contribution in [0.4, 0.5) is 0 Å². The van der Waals surface area contributed by atoms with E-state index < -0.39 is 5.41 Å². The van der Waals surface area contributed by atoms with Crippen molar-refractivity contribution in [2.24, 2.45) is 5.41 Å². The van der Waals surface area contributed by atoms with E-state index in [4.69, 9.17) is 0 Å². The summed E-state index contributed by atoms with van der Waals surface area (Å²) in [5, 5.41) is 10.3. The molecule has 0 aromatic carbocycles. The highest BCUT2D eigenvalue weighted by Crippen LogP contribution is 2.23. The number of carbonyl (C=O) groups is 1. The molecule has 3 nitrogen and oxygen atoms in total. The van der Waals surface area contributed by atoms with Crippen molar-refractivity contribution in [3.05, 3.63) is 24.3 Å². The third-order valence-electron chi connectivity index (χ3n) is 2.14. The molecule has 0 rings (SSSR count). The summed E-state index contributed by atoms with van der Waals surface area (Å²) in [5.41, 5.74) is 0.481. The van der Waals surface area contributed by atoms with E-state index in [-0.39, 0.29) is 12.5 Å². The van der Waals surface area contributed by atoms with E-state index >= 15 is 0 Å². The summed E-state index contributed by atoms with van der Waals surface area (Å²) in [6, 6.07) is 0. The molecule has 0 bridgehead atoms. The molecule has 86 valence electrons. The van der Waals surface area contributed by atoms with Gasteiger partial charge in [-0.25, -0.2) is 5.06 Å². The van der Waals surface area contributed by atoms with Crippen molar-refractivity contribution in [3.63, 3.8) is 0 Å². The van der Waals surface area contributed by atoms with E-state index in [0.29, 0.717) is 6.42 Å². The van der Waals surface area contributed by atoms with Crippen LogP contribution >= 0.6 is 0 Å². The average Bonchev–Trinajstić information content (AvgIpc) is 2.12. The van der Waals surface area contributed by atoms with Crippen LogP contribution in [-0.2, 0) is 4.79 Å². The van der Waals surface area contributed by atoms with Gasteiger partial charge in [-0.05, 0) is 20.3 Å². The molecule has 0 atom stereocenters. The Hall–Kier alpha value is -1.09. The second-order valence-electron chi connectivity index (χ2n) is 4.55.